The number of carbonyl (C=O) groups is 2. The van der Waals surface area contributed by atoms with Crippen molar-refractivity contribution in [2.75, 3.05) is 6.61 Å². The molecule has 1 atom stereocenters. The smallest absolute Gasteiger partial charge is 0.338 e. The van der Waals surface area contributed by atoms with Crippen LogP contribution in [0.2, 0.25) is 0 Å². The number of halogens is 2. The van der Waals surface area contributed by atoms with Gasteiger partial charge in [-0.3, -0.25) is 0 Å². The first-order valence-corrected chi connectivity index (χ1v) is 8.19. The minimum atomic E-state index is -0.549. The first-order chi connectivity index (χ1) is 10.0. The van der Waals surface area contributed by atoms with Gasteiger partial charge in [-0.05, 0) is 12.5 Å². The molecule has 1 unspecified atom stereocenters. The number of urea groups is 1. The molecule has 1 aromatic carbocycles. The highest BCUT2D eigenvalue weighted by molar-refractivity contribution is 9.24. The summed E-state index contributed by atoms with van der Waals surface area (Å²) >= 11 is 6.66. The number of rotatable bonds is 4. The second-order valence-corrected chi connectivity index (χ2v) is 7.35. The van der Waals surface area contributed by atoms with Crippen LogP contribution in [-0.4, -0.2) is 22.3 Å². The van der Waals surface area contributed by atoms with Crippen LogP contribution in [0.1, 0.15) is 18.5 Å². The number of hydrogen-bond acceptors (Lipinski definition) is 3. The van der Waals surface area contributed by atoms with E-state index in [1.165, 1.54) is 0 Å². The van der Waals surface area contributed by atoms with E-state index in [0.717, 1.165) is 5.56 Å². The highest BCUT2D eigenvalue weighted by Crippen LogP contribution is 2.32. The maximum absolute atomic E-state index is 12.3. The van der Waals surface area contributed by atoms with Gasteiger partial charge in [-0.15, -0.1) is 0 Å². The summed E-state index contributed by atoms with van der Waals surface area (Å²) in [5.74, 6) is -0.460. The Kier molecular flexibility index (Phi) is 5.41. The van der Waals surface area contributed by atoms with Crippen molar-refractivity contribution in [2.45, 2.75) is 16.7 Å². The number of esters is 1. The molecule has 0 saturated heterocycles. The van der Waals surface area contributed by atoms with Crippen molar-refractivity contribution in [2.24, 2.45) is 0 Å². The van der Waals surface area contributed by atoms with Crippen molar-refractivity contribution in [1.29, 1.82) is 0 Å². The Hall–Kier alpha value is -1.34. The van der Waals surface area contributed by atoms with E-state index in [2.05, 4.69) is 42.5 Å². The molecular weight excluding hydrogens is 404 g/mol. The van der Waals surface area contributed by atoms with Crippen LogP contribution in [0.15, 0.2) is 41.6 Å². The molecule has 1 aliphatic rings. The van der Waals surface area contributed by atoms with Crippen LogP contribution in [0.3, 0.4) is 0 Å². The second-order valence-electron chi connectivity index (χ2n) is 4.29. The van der Waals surface area contributed by atoms with E-state index in [1.54, 1.807) is 6.92 Å². The van der Waals surface area contributed by atoms with Crippen molar-refractivity contribution in [3.63, 3.8) is 0 Å². The maximum Gasteiger partial charge on any atom is 0.338 e. The largest absolute Gasteiger partial charge is 0.463 e. The number of benzene rings is 1. The Balaban J connectivity index is 2.52. The SMILES string of the molecule is CCOC(=O)C1=C(C(Br)Br)NC(=O)NC1c1ccccc1. The van der Waals surface area contributed by atoms with E-state index in [9.17, 15) is 9.59 Å². The normalized spacial score (nSPS) is 18.3. The molecule has 0 radical (unpaired) electrons. The lowest BCUT2D eigenvalue weighted by molar-refractivity contribution is -0.139. The predicted octanol–water partition coefficient (Wildman–Crippen LogP) is 2.97. The summed E-state index contributed by atoms with van der Waals surface area (Å²) in [7, 11) is 0. The maximum atomic E-state index is 12.3. The van der Waals surface area contributed by atoms with Gasteiger partial charge in [0.1, 0.15) is 3.74 Å². The van der Waals surface area contributed by atoms with Crippen LogP contribution in [-0.2, 0) is 9.53 Å². The van der Waals surface area contributed by atoms with Crippen molar-refractivity contribution in [3.8, 4) is 0 Å². The molecule has 0 fully saturated rings. The average molecular weight is 418 g/mol. The highest BCUT2D eigenvalue weighted by atomic mass is 79.9. The van der Waals surface area contributed by atoms with E-state index in [-0.39, 0.29) is 16.4 Å². The van der Waals surface area contributed by atoms with Crippen molar-refractivity contribution < 1.29 is 14.3 Å². The van der Waals surface area contributed by atoms with Crippen LogP contribution >= 0.6 is 31.9 Å². The van der Waals surface area contributed by atoms with Gasteiger partial charge < -0.3 is 15.4 Å². The number of carbonyl (C=O) groups excluding carboxylic acids is 2. The summed E-state index contributed by atoms with van der Waals surface area (Å²) in [4.78, 5) is 24.1. The predicted molar refractivity (Wildman–Crippen MR) is 86.2 cm³/mol. The lowest BCUT2D eigenvalue weighted by atomic mass is 9.96. The molecule has 2 rings (SSSR count). The lowest BCUT2D eigenvalue weighted by Crippen LogP contribution is -2.47. The molecule has 0 aliphatic carbocycles. The minimum Gasteiger partial charge on any atom is -0.463 e. The Morgan fingerprint density at radius 2 is 2.00 bits per heavy atom. The third-order valence-electron chi connectivity index (χ3n) is 2.95. The molecule has 2 amide bonds. The van der Waals surface area contributed by atoms with Crippen LogP contribution in [0.5, 0.6) is 0 Å². The van der Waals surface area contributed by atoms with E-state index >= 15 is 0 Å². The van der Waals surface area contributed by atoms with Crippen LogP contribution in [0, 0.1) is 0 Å². The summed E-state index contributed by atoms with van der Waals surface area (Å²) in [5, 5.41) is 5.40. The number of allylic oxidation sites excluding steroid dienone is 1. The molecule has 0 saturated carbocycles. The molecular formula is C14H14Br2N2O3. The standard InChI is InChI=1S/C14H14Br2N2O3/c1-2-21-13(19)9-10(8-6-4-3-5-7-8)17-14(20)18-11(9)12(15)16/h3-7,10,12H,2H2,1H3,(H2,17,18,20). The number of nitrogens with one attached hydrogen (secondary N) is 2. The van der Waals surface area contributed by atoms with Gasteiger partial charge in [0.15, 0.2) is 0 Å². The van der Waals surface area contributed by atoms with Gasteiger partial charge in [-0.1, -0.05) is 62.2 Å². The van der Waals surface area contributed by atoms with Gasteiger partial charge in [-0.2, -0.15) is 0 Å². The Morgan fingerprint density at radius 1 is 1.33 bits per heavy atom. The molecule has 7 heteroatoms. The molecule has 112 valence electrons. The fourth-order valence-electron chi connectivity index (χ4n) is 2.09. The quantitative estimate of drug-likeness (QED) is 0.584. The van der Waals surface area contributed by atoms with Crippen LogP contribution in [0.25, 0.3) is 0 Å². The third-order valence-corrected chi connectivity index (χ3v) is 3.86. The van der Waals surface area contributed by atoms with E-state index in [0.29, 0.717) is 11.3 Å². The van der Waals surface area contributed by atoms with Gasteiger partial charge in [0.05, 0.1) is 23.9 Å². The first-order valence-electron chi connectivity index (χ1n) is 6.36. The monoisotopic (exact) mass is 416 g/mol. The number of ether oxygens (including phenoxy) is 1. The van der Waals surface area contributed by atoms with Crippen molar-refractivity contribution in [1.82, 2.24) is 10.6 Å². The second kappa shape index (κ2) is 7.09. The van der Waals surface area contributed by atoms with Gasteiger partial charge in [-0.25, -0.2) is 9.59 Å². The Bertz CT molecular complexity index is 573. The van der Waals surface area contributed by atoms with Crippen molar-refractivity contribution in [3.05, 3.63) is 47.2 Å². The van der Waals surface area contributed by atoms with E-state index in [1.807, 2.05) is 30.3 Å². The molecule has 0 spiro atoms. The number of amides is 2. The zero-order valence-electron chi connectivity index (χ0n) is 11.2. The lowest BCUT2D eigenvalue weighted by Gasteiger charge is -2.30. The molecule has 0 aromatic heterocycles. The molecule has 21 heavy (non-hydrogen) atoms. The topological polar surface area (TPSA) is 67.4 Å². The van der Waals surface area contributed by atoms with E-state index in [4.69, 9.17) is 4.74 Å². The molecule has 1 aliphatic heterocycles. The van der Waals surface area contributed by atoms with Gasteiger partial charge in [0, 0.05) is 0 Å². The van der Waals surface area contributed by atoms with Crippen LogP contribution < -0.4 is 10.6 Å². The minimum absolute atomic E-state index is 0.264. The van der Waals surface area contributed by atoms with Crippen molar-refractivity contribution >= 4 is 43.9 Å². The summed E-state index contributed by atoms with van der Waals surface area (Å²) in [6, 6.07) is 8.37. The highest BCUT2D eigenvalue weighted by Gasteiger charge is 2.35. The average Bonchev–Trinajstić information content (AvgIpc) is 2.47. The third kappa shape index (κ3) is 3.65. The Labute approximate surface area is 139 Å². The van der Waals surface area contributed by atoms with Crippen LogP contribution in [0.4, 0.5) is 4.79 Å². The Morgan fingerprint density at radius 3 is 2.57 bits per heavy atom. The summed E-state index contributed by atoms with van der Waals surface area (Å²) in [6.45, 7) is 2.00. The zero-order chi connectivity index (χ0) is 15.4. The first kappa shape index (κ1) is 16.0. The summed E-state index contributed by atoms with van der Waals surface area (Å²) in [5.41, 5.74) is 1.64. The van der Waals surface area contributed by atoms with Gasteiger partial charge in [0.25, 0.3) is 0 Å². The van der Waals surface area contributed by atoms with E-state index < -0.39 is 12.0 Å². The molecule has 2 N–H and O–H groups in total. The fraction of sp³-hybridized carbons (Fsp3) is 0.286. The zero-order valence-corrected chi connectivity index (χ0v) is 14.4. The molecule has 1 aromatic rings. The molecule has 1 heterocycles. The summed E-state index contributed by atoms with van der Waals surface area (Å²) in [6.07, 6.45) is 0. The molecule has 5 nitrogen and oxygen atoms in total. The number of hydrogen-bond donors (Lipinski definition) is 2. The summed E-state index contributed by atoms with van der Waals surface area (Å²) < 4.78 is 4.76. The molecule has 0 bridgehead atoms. The fourth-order valence-corrected chi connectivity index (χ4v) is 2.81. The number of alkyl halides is 2. The van der Waals surface area contributed by atoms with Gasteiger partial charge >= 0.3 is 12.0 Å². The van der Waals surface area contributed by atoms with Gasteiger partial charge in [0.2, 0.25) is 0 Å².